The van der Waals surface area contributed by atoms with Crippen molar-refractivity contribution in [3.8, 4) is 6.07 Å². The highest BCUT2D eigenvalue weighted by Crippen LogP contribution is 2.26. The molecule has 2 heterocycles. The first kappa shape index (κ1) is 24.0. The Morgan fingerprint density at radius 3 is 2.62 bits per heavy atom. The van der Waals surface area contributed by atoms with Crippen LogP contribution in [0.1, 0.15) is 42.2 Å². The Labute approximate surface area is 189 Å². The van der Waals surface area contributed by atoms with Crippen molar-refractivity contribution in [1.82, 2.24) is 9.62 Å². The topological polar surface area (TPSA) is 115 Å². The van der Waals surface area contributed by atoms with Crippen molar-refractivity contribution < 1.29 is 17.6 Å². The molecule has 8 nitrogen and oxygen atoms in total. The maximum absolute atomic E-state index is 12.8. The average molecular weight is 459 g/mol. The van der Waals surface area contributed by atoms with Crippen molar-refractivity contribution in [1.29, 1.82) is 5.26 Å². The molecular weight excluding hydrogens is 428 g/mol. The molecule has 172 valence electrons. The predicted octanol–water partition coefficient (Wildman–Crippen LogP) is 3.09. The van der Waals surface area contributed by atoms with E-state index in [9.17, 15) is 18.5 Å². The minimum Gasteiger partial charge on any atom is -0.444 e. The standard InChI is InChI=1S/C23H30N4O4S/c1-15-7-9-20(10-8-15)32(29,30)25-13-19-6-5-11-27(14-19)17(3)22(28)26-23-21(12-24)16(2)18(4)31-23/h7-10,17,19,25H,5-6,11,13-14H2,1-4H3,(H,26,28). The summed E-state index contributed by atoms with van der Waals surface area (Å²) in [7, 11) is -3.57. The maximum atomic E-state index is 12.8. The molecule has 0 saturated carbocycles. The molecule has 1 fully saturated rings. The van der Waals surface area contributed by atoms with Gasteiger partial charge in [-0.1, -0.05) is 17.7 Å². The van der Waals surface area contributed by atoms with Crippen LogP contribution in [0, 0.1) is 38.0 Å². The van der Waals surface area contributed by atoms with E-state index in [0.29, 0.717) is 30.0 Å². The second-order valence-electron chi connectivity index (χ2n) is 8.43. The van der Waals surface area contributed by atoms with Crippen LogP contribution in [0.4, 0.5) is 5.88 Å². The minimum atomic E-state index is -3.57. The molecule has 9 heteroatoms. The van der Waals surface area contributed by atoms with Crippen LogP contribution in [0.15, 0.2) is 33.6 Å². The molecule has 1 amide bonds. The molecule has 3 rings (SSSR count). The van der Waals surface area contributed by atoms with Gasteiger partial charge in [-0.15, -0.1) is 0 Å². The van der Waals surface area contributed by atoms with Crippen molar-refractivity contribution in [2.45, 2.75) is 51.5 Å². The van der Waals surface area contributed by atoms with Gasteiger partial charge in [-0.2, -0.15) is 5.26 Å². The molecule has 2 N–H and O–H groups in total. The number of nitrogens with zero attached hydrogens (tertiary/aromatic N) is 2. The van der Waals surface area contributed by atoms with Gasteiger partial charge in [0.2, 0.25) is 21.8 Å². The summed E-state index contributed by atoms with van der Waals surface area (Å²) in [6, 6.07) is 8.39. The number of hydrogen-bond donors (Lipinski definition) is 2. The Bertz CT molecular complexity index is 1120. The number of benzene rings is 1. The summed E-state index contributed by atoms with van der Waals surface area (Å²) in [5.74, 6) is 0.625. The fraction of sp³-hybridized carbons (Fsp3) is 0.478. The van der Waals surface area contributed by atoms with Crippen LogP contribution in [0.5, 0.6) is 0 Å². The molecule has 1 aliphatic heterocycles. The first-order chi connectivity index (χ1) is 15.1. The molecule has 32 heavy (non-hydrogen) atoms. The number of likely N-dealkylation sites (tertiary alicyclic amines) is 1. The Morgan fingerprint density at radius 1 is 1.28 bits per heavy atom. The summed E-state index contributed by atoms with van der Waals surface area (Å²) in [6.07, 6.45) is 1.76. The SMILES string of the molecule is Cc1ccc(S(=O)(=O)NCC2CCCN(C(C)C(=O)Nc3oc(C)c(C)c3C#N)C2)cc1. The second kappa shape index (κ2) is 9.86. The summed E-state index contributed by atoms with van der Waals surface area (Å²) >= 11 is 0. The molecule has 2 unspecified atom stereocenters. The Hall–Kier alpha value is -2.67. The molecule has 2 atom stereocenters. The van der Waals surface area contributed by atoms with Crippen LogP contribution < -0.4 is 10.0 Å². The van der Waals surface area contributed by atoms with Crippen LogP contribution in [-0.4, -0.2) is 44.9 Å². The number of carbonyl (C=O) groups is 1. The predicted molar refractivity (Wildman–Crippen MR) is 122 cm³/mol. The lowest BCUT2D eigenvalue weighted by molar-refractivity contribution is -0.121. The van der Waals surface area contributed by atoms with E-state index in [0.717, 1.165) is 24.9 Å². The van der Waals surface area contributed by atoms with Gasteiger partial charge in [0.25, 0.3) is 0 Å². The third kappa shape index (κ3) is 5.38. The minimum absolute atomic E-state index is 0.0991. The lowest BCUT2D eigenvalue weighted by atomic mass is 9.97. The van der Waals surface area contributed by atoms with E-state index in [1.807, 2.05) is 18.7 Å². The molecule has 1 aromatic heterocycles. The molecule has 1 aliphatic rings. The smallest absolute Gasteiger partial charge is 0.243 e. The number of nitrogens with one attached hydrogen (secondary N) is 2. The van der Waals surface area contributed by atoms with Crippen molar-refractivity contribution in [3.05, 3.63) is 46.7 Å². The zero-order valence-electron chi connectivity index (χ0n) is 18.9. The number of nitriles is 1. The van der Waals surface area contributed by atoms with Gasteiger partial charge in [0.15, 0.2) is 0 Å². The Kier molecular flexibility index (Phi) is 7.39. The molecule has 0 radical (unpaired) electrons. The second-order valence-corrected chi connectivity index (χ2v) is 10.2. The van der Waals surface area contributed by atoms with Crippen LogP contribution >= 0.6 is 0 Å². The van der Waals surface area contributed by atoms with E-state index in [1.54, 1.807) is 38.1 Å². The number of sulfonamides is 1. The van der Waals surface area contributed by atoms with E-state index < -0.39 is 16.1 Å². The zero-order valence-corrected chi connectivity index (χ0v) is 19.8. The number of piperidine rings is 1. The number of rotatable bonds is 7. The summed E-state index contributed by atoms with van der Waals surface area (Å²) in [6.45, 7) is 8.92. The van der Waals surface area contributed by atoms with Crippen molar-refractivity contribution in [3.63, 3.8) is 0 Å². The number of furan rings is 1. The fourth-order valence-electron chi connectivity index (χ4n) is 3.88. The van der Waals surface area contributed by atoms with Gasteiger partial charge < -0.3 is 4.42 Å². The first-order valence-corrected chi connectivity index (χ1v) is 12.2. The lowest BCUT2D eigenvalue weighted by Gasteiger charge is -2.36. The number of hydrogen-bond acceptors (Lipinski definition) is 6. The van der Waals surface area contributed by atoms with Gasteiger partial charge in [0, 0.05) is 18.7 Å². The number of aryl methyl sites for hydroxylation is 2. The normalized spacial score (nSPS) is 18.2. The van der Waals surface area contributed by atoms with Gasteiger partial charge in [-0.05, 0) is 65.1 Å². The van der Waals surface area contributed by atoms with E-state index in [2.05, 4.69) is 16.1 Å². The quantitative estimate of drug-likeness (QED) is 0.659. The first-order valence-electron chi connectivity index (χ1n) is 10.7. The van der Waals surface area contributed by atoms with E-state index in [1.165, 1.54) is 0 Å². The Balaban J connectivity index is 1.59. The zero-order chi connectivity index (χ0) is 23.5. The lowest BCUT2D eigenvalue weighted by Crippen LogP contribution is -2.49. The van der Waals surface area contributed by atoms with Gasteiger partial charge in [-0.3, -0.25) is 15.0 Å². The molecule has 1 aromatic carbocycles. The molecular formula is C23H30N4O4S. The van der Waals surface area contributed by atoms with Gasteiger partial charge in [-0.25, -0.2) is 13.1 Å². The fourth-order valence-corrected chi connectivity index (χ4v) is 4.99. The van der Waals surface area contributed by atoms with Gasteiger partial charge in [0.05, 0.1) is 10.9 Å². The molecule has 0 aliphatic carbocycles. The summed E-state index contributed by atoms with van der Waals surface area (Å²) in [4.78, 5) is 15.1. The van der Waals surface area contributed by atoms with E-state index >= 15 is 0 Å². The average Bonchev–Trinajstić information content (AvgIpc) is 3.04. The summed E-state index contributed by atoms with van der Waals surface area (Å²) in [5.41, 5.74) is 2.06. The Morgan fingerprint density at radius 2 is 1.97 bits per heavy atom. The third-order valence-electron chi connectivity index (χ3n) is 6.10. The number of anilines is 1. The summed E-state index contributed by atoms with van der Waals surface area (Å²) in [5, 5.41) is 12.1. The number of amides is 1. The van der Waals surface area contributed by atoms with Crippen LogP contribution in [-0.2, 0) is 14.8 Å². The third-order valence-corrected chi connectivity index (χ3v) is 7.54. The molecule has 0 bridgehead atoms. The highest BCUT2D eigenvalue weighted by Gasteiger charge is 2.29. The molecule has 2 aromatic rings. The monoisotopic (exact) mass is 458 g/mol. The van der Waals surface area contributed by atoms with E-state index in [-0.39, 0.29) is 22.6 Å². The van der Waals surface area contributed by atoms with Crippen LogP contribution in [0.25, 0.3) is 0 Å². The van der Waals surface area contributed by atoms with Crippen molar-refractivity contribution in [2.24, 2.45) is 5.92 Å². The van der Waals surface area contributed by atoms with Crippen molar-refractivity contribution >= 4 is 21.8 Å². The van der Waals surface area contributed by atoms with E-state index in [4.69, 9.17) is 4.42 Å². The van der Waals surface area contributed by atoms with Gasteiger partial charge in [0.1, 0.15) is 17.4 Å². The highest BCUT2D eigenvalue weighted by molar-refractivity contribution is 7.89. The maximum Gasteiger partial charge on any atom is 0.243 e. The van der Waals surface area contributed by atoms with Crippen LogP contribution in [0.3, 0.4) is 0 Å². The molecule has 1 saturated heterocycles. The number of carbonyl (C=O) groups excluding carboxylic acids is 1. The van der Waals surface area contributed by atoms with Gasteiger partial charge >= 0.3 is 0 Å². The highest BCUT2D eigenvalue weighted by atomic mass is 32.2. The summed E-state index contributed by atoms with van der Waals surface area (Å²) < 4.78 is 33.4. The largest absolute Gasteiger partial charge is 0.444 e. The van der Waals surface area contributed by atoms with Crippen LogP contribution in [0.2, 0.25) is 0 Å². The molecule has 0 spiro atoms. The van der Waals surface area contributed by atoms with Crippen molar-refractivity contribution in [2.75, 3.05) is 25.0 Å².